The minimum absolute atomic E-state index is 0.0248. The van der Waals surface area contributed by atoms with Crippen LogP contribution in [0, 0.1) is 0 Å². The van der Waals surface area contributed by atoms with E-state index in [-0.39, 0.29) is 16.3 Å². The first kappa shape index (κ1) is 13.8. The molecule has 94 valence electrons. The molecule has 0 saturated carbocycles. The highest BCUT2D eigenvalue weighted by Gasteiger charge is 2.36. The van der Waals surface area contributed by atoms with Gasteiger partial charge in [0.2, 0.25) is 10.0 Å². The third-order valence-corrected chi connectivity index (χ3v) is 5.10. The molecule has 5 nitrogen and oxygen atoms in total. The van der Waals surface area contributed by atoms with Crippen LogP contribution in [0.5, 0.6) is 0 Å². The van der Waals surface area contributed by atoms with Crippen LogP contribution in [0.2, 0.25) is 0 Å². The number of rotatable bonds is 3. The van der Waals surface area contributed by atoms with Crippen molar-refractivity contribution < 1.29 is 8.42 Å². The second-order valence-corrected chi connectivity index (χ2v) is 7.28. The molecule has 0 aliphatic carbocycles. The van der Waals surface area contributed by atoms with Gasteiger partial charge in [0.15, 0.2) is 0 Å². The zero-order valence-electron chi connectivity index (χ0n) is 9.93. The maximum absolute atomic E-state index is 11.9. The van der Waals surface area contributed by atoms with Gasteiger partial charge >= 0.3 is 0 Å². The summed E-state index contributed by atoms with van der Waals surface area (Å²) >= 11 is 4.65. The van der Waals surface area contributed by atoms with Gasteiger partial charge in [-0.2, -0.15) is 4.31 Å². The molecule has 0 radical (unpaired) electrons. The molecule has 0 aromatic carbocycles. The zero-order valence-corrected chi connectivity index (χ0v) is 11.6. The lowest BCUT2D eigenvalue weighted by Crippen LogP contribution is -2.59. The molecule has 0 bridgehead atoms. The summed E-state index contributed by atoms with van der Waals surface area (Å²) in [6.07, 6.45) is 0. The van der Waals surface area contributed by atoms with E-state index in [1.165, 1.54) is 4.31 Å². The molecule has 0 aromatic rings. The molecule has 1 saturated heterocycles. The number of piperazine rings is 1. The Morgan fingerprint density at radius 2 is 2.00 bits per heavy atom. The Kier molecular flexibility index (Phi) is 3.94. The number of thiocarbonyl (C=S) groups is 1. The predicted octanol–water partition coefficient (Wildman–Crippen LogP) is -0.372. The Morgan fingerprint density at radius 1 is 1.44 bits per heavy atom. The molecule has 2 N–H and O–H groups in total. The minimum Gasteiger partial charge on any atom is -0.392 e. The average molecular weight is 265 g/mol. The topological polar surface area (TPSA) is 66.6 Å². The normalized spacial score (nSPS) is 23.2. The molecule has 0 spiro atoms. The van der Waals surface area contributed by atoms with E-state index in [0.717, 1.165) is 6.54 Å². The minimum atomic E-state index is -3.34. The van der Waals surface area contributed by atoms with Crippen molar-refractivity contribution in [2.24, 2.45) is 5.73 Å². The molecule has 1 rings (SSSR count). The van der Waals surface area contributed by atoms with Gasteiger partial charge in [-0.05, 0) is 20.9 Å². The van der Waals surface area contributed by atoms with Crippen LogP contribution in [0.4, 0.5) is 0 Å². The van der Waals surface area contributed by atoms with Crippen molar-refractivity contribution in [1.29, 1.82) is 0 Å². The van der Waals surface area contributed by atoms with Gasteiger partial charge in [0.1, 0.15) is 5.75 Å². The summed E-state index contributed by atoms with van der Waals surface area (Å²) < 4.78 is 25.3. The number of nitrogens with zero attached hydrogens (tertiary/aromatic N) is 2. The molecular weight excluding hydrogens is 246 g/mol. The van der Waals surface area contributed by atoms with Gasteiger partial charge in [0.25, 0.3) is 0 Å². The fourth-order valence-electron chi connectivity index (χ4n) is 1.70. The standard InChI is InChI=1S/C9H19N3O2S2/c1-9(2)7-12(5-4-11(9)3)16(13,14)6-8(10)15/h4-7H2,1-3H3,(H2,10,15). The van der Waals surface area contributed by atoms with Crippen molar-refractivity contribution >= 4 is 27.2 Å². The zero-order chi connectivity index (χ0) is 12.6. The lowest BCUT2D eigenvalue weighted by atomic mass is 10.0. The van der Waals surface area contributed by atoms with Crippen LogP contribution in [-0.2, 0) is 10.0 Å². The lowest BCUT2D eigenvalue weighted by Gasteiger charge is -2.44. The van der Waals surface area contributed by atoms with Crippen LogP contribution in [0.15, 0.2) is 0 Å². The average Bonchev–Trinajstić information content (AvgIpc) is 2.07. The summed E-state index contributed by atoms with van der Waals surface area (Å²) in [5.41, 5.74) is 5.14. The fourth-order valence-corrected chi connectivity index (χ4v) is 3.57. The van der Waals surface area contributed by atoms with Crippen LogP contribution in [-0.4, -0.2) is 60.6 Å². The maximum atomic E-state index is 11.9. The molecule has 1 aliphatic rings. The van der Waals surface area contributed by atoms with E-state index in [9.17, 15) is 8.42 Å². The Bertz CT molecular complexity index is 378. The van der Waals surface area contributed by atoms with Crippen molar-refractivity contribution in [2.45, 2.75) is 19.4 Å². The van der Waals surface area contributed by atoms with Gasteiger partial charge in [-0.1, -0.05) is 12.2 Å². The number of nitrogens with two attached hydrogens (primary N) is 1. The second-order valence-electron chi connectivity index (χ2n) is 4.79. The molecule has 16 heavy (non-hydrogen) atoms. The van der Waals surface area contributed by atoms with Crippen LogP contribution < -0.4 is 5.73 Å². The molecule has 0 aromatic heterocycles. The van der Waals surface area contributed by atoms with Crippen LogP contribution in [0.1, 0.15) is 13.8 Å². The largest absolute Gasteiger partial charge is 0.392 e. The molecule has 0 amide bonds. The Morgan fingerprint density at radius 3 is 2.44 bits per heavy atom. The third-order valence-electron chi connectivity index (χ3n) is 3.00. The Balaban J connectivity index is 2.80. The third kappa shape index (κ3) is 3.13. The first-order valence-corrected chi connectivity index (χ1v) is 7.14. The monoisotopic (exact) mass is 265 g/mol. The molecule has 1 fully saturated rings. The summed E-state index contributed by atoms with van der Waals surface area (Å²) in [7, 11) is -1.34. The maximum Gasteiger partial charge on any atom is 0.220 e. The van der Waals surface area contributed by atoms with Crippen molar-refractivity contribution in [1.82, 2.24) is 9.21 Å². The van der Waals surface area contributed by atoms with E-state index < -0.39 is 10.0 Å². The summed E-state index contributed by atoms with van der Waals surface area (Å²) in [6.45, 7) is 5.76. The van der Waals surface area contributed by atoms with Gasteiger partial charge < -0.3 is 5.73 Å². The number of sulfonamides is 1. The highest BCUT2D eigenvalue weighted by atomic mass is 32.2. The first-order chi connectivity index (χ1) is 7.15. The van der Waals surface area contributed by atoms with E-state index in [2.05, 4.69) is 17.1 Å². The lowest BCUT2D eigenvalue weighted by molar-refractivity contribution is 0.0804. The van der Waals surface area contributed by atoms with E-state index in [0.29, 0.717) is 13.1 Å². The van der Waals surface area contributed by atoms with Gasteiger partial charge in [-0.15, -0.1) is 0 Å². The van der Waals surface area contributed by atoms with Crippen LogP contribution >= 0.6 is 12.2 Å². The fraction of sp³-hybridized carbons (Fsp3) is 0.889. The molecular formula is C9H19N3O2S2. The summed E-state index contributed by atoms with van der Waals surface area (Å²) in [5, 5.41) is 0. The van der Waals surface area contributed by atoms with Crippen molar-refractivity contribution in [3.05, 3.63) is 0 Å². The van der Waals surface area contributed by atoms with Crippen molar-refractivity contribution in [3.8, 4) is 0 Å². The van der Waals surface area contributed by atoms with E-state index in [4.69, 9.17) is 5.73 Å². The van der Waals surface area contributed by atoms with Gasteiger partial charge in [-0.25, -0.2) is 8.42 Å². The van der Waals surface area contributed by atoms with E-state index in [1.807, 2.05) is 20.9 Å². The predicted molar refractivity (Wildman–Crippen MR) is 68.9 cm³/mol. The first-order valence-electron chi connectivity index (χ1n) is 5.12. The number of likely N-dealkylation sites (N-methyl/N-ethyl adjacent to an activating group) is 1. The van der Waals surface area contributed by atoms with Gasteiger partial charge in [-0.3, -0.25) is 4.90 Å². The second kappa shape index (κ2) is 4.56. The van der Waals surface area contributed by atoms with E-state index >= 15 is 0 Å². The smallest absolute Gasteiger partial charge is 0.220 e. The van der Waals surface area contributed by atoms with Crippen molar-refractivity contribution in [3.63, 3.8) is 0 Å². The van der Waals surface area contributed by atoms with Crippen LogP contribution in [0.25, 0.3) is 0 Å². The number of hydrogen-bond donors (Lipinski definition) is 1. The highest BCUT2D eigenvalue weighted by Crippen LogP contribution is 2.21. The molecule has 0 atom stereocenters. The van der Waals surface area contributed by atoms with Gasteiger partial charge in [0, 0.05) is 25.2 Å². The quantitative estimate of drug-likeness (QED) is 0.705. The molecule has 1 aliphatic heterocycles. The van der Waals surface area contributed by atoms with Crippen LogP contribution in [0.3, 0.4) is 0 Å². The molecule has 1 heterocycles. The van der Waals surface area contributed by atoms with Crippen molar-refractivity contribution in [2.75, 3.05) is 32.4 Å². The highest BCUT2D eigenvalue weighted by molar-refractivity contribution is 7.92. The summed E-state index contributed by atoms with van der Waals surface area (Å²) in [6, 6.07) is 0. The molecule has 0 unspecified atom stereocenters. The van der Waals surface area contributed by atoms with Gasteiger partial charge in [0.05, 0.1) is 4.99 Å². The summed E-state index contributed by atoms with van der Waals surface area (Å²) in [4.78, 5) is 2.18. The summed E-state index contributed by atoms with van der Waals surface area (Å²) in [5.74, 6) is -0.234. The number of hydrogen-bond acceptors (Lipinski definition) is 4. The SMILES string of the molecule is CN1CCN(S(=O)(=O)CC(N)=S)CC1(C)C. The van der Waals surface area contributed by atoms with E-state index in [1.54, 1.807) is 0 Å². The Hall–Kier alpha value is -0.240. The Labute approximate surface area is 103 Å². The molecule has 7 heteroatoms.